The predicted octanol–water partition coefficient (Wildman–Crippen LogP) is 2.27. The molecule has 0 bridgehead atoms. The molecule has 119 valence electrons. The molecule has 3 rings (SSSR count). The van der Waals surface area contributed by atoms with Gasteiger partial charge in [-0.2, -0.15) is 4.39 Å². The van der Waals surface area contributed by atoms with Crippen molar-refractivity contribution in [3.8, 4) is 5.75 Å². The van der Waals surface area contributed by atoms with Gasteiger partial charge in [-0.05, 0) is 6.07 Å². The number of carboxylic acid groups (broad SMARTS) is 1. The first-order valence-electron chi connectivity index (χ1n) is 6.35. The molecule has 0 unspecified atom stereocenters. The molecule has 0 amide bonds. The second kappa shape index (κ2) is 6.24. The van der Waals surface area contributed by atoms with E-state index < -0.39 is 46.6 Å². The minimum Gasteiger partial charge on any atom is -0.491 e. The van der Waals surface area contributed by atoms with E-state index in [1.807, 2.05) is 0 Å². The van der Waals surface area contributed by atoms with Crippen molar-refractivity contribution in [2.24, 2.45) is 0 Å². The number of alkyl halides is 1. The van der Waals surface area contributed by atoms with Crippen molar-refractivity contribution in [3.63, 3.8) is 0 Å². The number of rotatable bonds is 3. The maximum absolute atomic E-state index is 13.9. The van der Waals surface area contributed by atoms with Gasteiger partial charge in [-0.15, -0.1) is 0 Å². The van der Waals surface area contributed by atoms with Crippen molar-refractivity contribution in [2.75, 3.05) is 7.11 Å². The van der Waals surface area contributed by atoms with Gasteiger partial charge in [0.15, 0.2) is 11.6 Å². The van der Waals surface area contributed by atoms with E-state index in [0.717, 1.165) is 17.9 Å². The number of halogens is 3. The maximum Gasteiger partial charge on any atom is 0.341 e. The summed E-state index contributed by atoms with van der Waals surface area (Å²) in [7, 11) is 1.08. The number of fused-ring (bicyclic) bond motifs is 1. The fourth-order valence-corrected chi connectivity index (χ4v) is 2.47. The minimum absolute atomic E-state index is 0. The number of nitrogens with zero attached hydrogens (tertiary/aromatic N) is 1. The maximum atomic E-state index is 13.9. The van der Waals surface area contributed by atoms with Crippen LogP contribution in [-0.2, 0) is 32.7 Å². The Morgan fingerprint density at radius 3 is 2.52 bits per heavy atom. The number of methoxy groups -OCH3 is 1. The first kappa shape index (κ1) is 17.9. The molecule has 0 spiro atoms. The van der Waals surface area contributed by atoms with Gasteiger partial charge in [0.05, 0.1) is 24.1 Å². The molecule has 1 heterocycles. The molecule has 1 fully saturated rings. The Morgan fingerprint density at radius 2 is 2.04 bits per heavy atom. The number of pyridine rings is 1. The fourth-order valence-electron chi connectivity index (χ4n) is 2.47. The minimum atomic E-state index is -1.53. The zero-order valence-corrected chi connectivity index (χ0v) is 14.7. The molecule has 1 aromatic heterocycles. The summed E-state index contributed by atoms with van der Waals surface area (Å²) in [5, 5.41) is 8.70. The van der Waals surface area contributed by atoms with Crippen LogP contribution in [0, 0.1) is 11.6 Å². The van der Waals surface area contributed by atoms with E-state index in [1.165, 1.54) is 0 Å². The summed E-state index contributed by atoms with van der Waals surface area (Å²) in [6, 6.07) is -0.131. The summed E-state index contributed by atoms with van der Waals surface area (Å²) in [5.74, 6) is -4.74. The van der Waals surface area contributed by atoms with E-state index >= 15 is 0 Å². The van der Waals surface area contributed by atoms with Crippen LogP contribution in [0.5, 0.6) is 5.75 Å². The number of aromatic carboxylic acids is 1. The average Bonchev–Trinajstić information content (AvgIpc) is 3.18. The first-order valence-corrected chi connectivity index (χ1v) is 6.35. The zero-order valence-electron chi connectivity index (χ0n) is 11.8. The largest absolute Gasteiger partial charge is 0.491 e. The predicted molar refractivity (Wildman–Crippen MR) is 70.2 cm³/mol. The van der Waals surface area contributed by atoms with Gasteiger partial charge in [0.1, 0.15) is 11.7 Å². The van der Waals surface area contributed by atoms with Crippen molar-refractivity contribution in [1.29, 1.82) is 0 Å². The third-order valence-electron chi connectivity index (χ3n) is 3.64. The fraction of sp³-hybridized carbons (Fsp3) is 0.286. The molecule has 0 saturated heterocycles. The van der Waals surface area contributed by atoms with Gasteiger partial charge in [0, 0.05) is 45.3 Å². The molecule has 0 aliphatic heterocycles. The van der Waals surface area contributed by atoms with E-state index in [4.69, 9.17) is 9.84 Å². The monoisotopic (exact) mass is 402 g/mol. The Bertz CT molecular complexity index is 867. The number of carboxylic acids is 1. The average molecular weight is 402 g/mol. The normalized spacial score (nSPS) is 19.3. The Labute approximate surface area is 152 Å². The van der Waals surface area contributed by atoms with Crippen LogP contribution in [0.2, 0.25) is 0 Å². The standard InChI is InChI=1S/C14H10F3NO4.Y/c1-22-13-10(17)8(16)2-5-11(13)18(9-3-7(9)15)4-6(12(5)19)14(20)21;/h2,4,7,9H,3H2,1H3,(H,20,21);/t7-,9+;/m0./s1. The molecule has 5 nitrogen and oxygen atoms in total. The van der Waals surface area contributed by atoms with Crippen LogP contribution in [0.4, 0.5) is 13.2 Å². The second-order valence-electron chi connectivity index (χ2n) is 5.01. The Kier molecular flexibility index (Phi) is 4.87. The van der Waals surface area contributed by atoms with Gasteiger partial charge in [-0.25, -0.2) is 13.6 Å². The topological polar surface area (TPSA) is 68.5 Å². The Morgan fingerprint density at radius 1 is 1.43 bits per heavy atom. The molecule has 1 aromatic carbocycles. The van der Waals surface area contributed by atoms with Crippen LogP contribution < -0.4 is 10.2 Å². The number of benzene rings is 1. The van der Waals surface area contributed by atoms with Crippen LogP contribution in [0.25, 0.3) is 10.9 Å². The molecule has 1 aliphatic carbocycles. The molecule has 9 heteroatoms. The molecular weight excluding hydrogens is 392 g/mol. The van der Waals surface area contributed by atoms with Gasteiger partial charge < -0.3 is 14.4 Å². The van der Waals surface area contributed by atoms with Gasteiger partial charge in [-0.3, -0.25) is 4.79 Å². The molecule has 23 heavy (non-hydrogen) atoms. The van der Waals surface area contributed by atoms with E-state index in [-0.39, 0.29) is 50.0 Å². The van der Waals surface area contributed by atoms with Gasteiger partial charge >= 0.3 is 5.97 Å². The number of hydrogen-bond donors (Lipinski definition) is 1. The smallest absolute Gasteiger partial charge is 0.341 e. The number of carbonyl (C=O) groups is 1. The molecule has 2 atom stereocenters. The molecule has 1 saturated carbocycles. The van der Waals surface area contributed by atoms with Gasteiger partial charge in [0.25, 0.3) is 0 Å². The van der Waals surface area contributed by atoms with Gasteiger partial charge in [0.2, 0.25) is 11.2 Å². The van der Waals surface area contributed by atoms with Crippen LogP contribution in [0.3, 0.4) is 0 Å². The summed E-state index contributed by atoms with van der Waals surface area (Å²) in [6.07, 6.45) is -0.207. The summed E-state index contributed by atoms with van der Waals surface area (Å²) in [6.45, 7) is 0. The summed E-state index contributed by atoms with van der Waals surface area (Å²) < 4.78 is 46.8. The summed E-state index contributed by atoms with van der Waals surface area (Å²) >= 11 is 0. The Balaban J connectivity index is 0.00000192. The second-order valence-corrected chi connectivity index (χ2v) is 5.01. The van der Waals surface area contributed by atoms with E-state index in [2.05, 4.69) is 0 Å². The van der Waals surface area contributed by atoms with Crippen molar-refractivity contribution in [3.05, 3.63) is 39.7 Å². The van der Waals surface area contributed by atoms with E-state index in [0.29, 0.717) is 6.07 Å². The van der Waals surface area contributed by atoms with Crippen molar-refractivity contribution in [1.82, 2.24) is 4.57 Å². The van der Waals surface area contributed by atoms with Gasteiger partial charge in [-0.1, -0.05) is 0 Å². The molecule has 1 radical (unpaired) electrons. The first-order chi connectivity index (χ1) is 10.4. The quantitative estimate of drug-likeness (QED) is 0.856. The van der Waals surface area contributed by atoms with Crippen molar-refractivity contribution >= 4 is 16.9 Å². The molecule has 2 aromatic rings. The van der Waals surface area contributed by atoms with Crippen molar-refractivity contribution in [2.45, 2.75) is 18.6 Å². The van der Waals surface area contributed by atoms with E-state index in [9.17, 15) is 22.8 Å². The van der Waals surface area contributed by atoms with Crippen LogP contribution in [0.1, 0.15) is 22.8 Å². The van der Waals surface area contributed by atoms with Crippen LogP contribution in [0.15, 0.2) is 17.1 Å². The molecule has 1 aliphatic rings. The number of hydrogen-bond acceptors (Lipinski definition) is 3. The third-order valence-corrected chi connectivity index (χ3v) is 3.64. The third kappa shape index (κ3) is 2.78. The summed E-state index contributed by atoms with van der Waals surface area (Å²) in [5.41, 5.74) is -1.77. The number of ether oxygens (including phenoxy) is 1. The van der Waals surface area contributed by atoms with Crippen LogP contribution in [-0.4, -0.2) is 28.9 Å². The zero-order chi connectivity index (χ0) is 16.2. The SMILES string of the molecule is COc1c(F)c(F)cc2c(=O)c(C(=O)O)cn([C@@H]3C[C@@H]3F)c12.[Y]. The van der Waals surface area contributed by atoms with Crippen LogP contribution >= 0.6 is 0 Å². The summed E-state index contributed by atoms with van der Waals surface area (Å²) in [4.78, 5) is 23.3. The van der Waals surface area contributed by atoms with Crippen molar-refractivity contribution < 1.29 is 60.5 Å². The molecule has 1 N–H and O–H groups in total. The number of aromatic nitrogens is 1. The molecular formula is C14H10F3NO4Y. The Hall–Kier alpha value is -1.41. The van der Waals surface area contributed by atoms with E-state index in [1.54, 1.807) is 0 Å².